The lowest BCUT2D eigenvalue weighted by Gasteiger charge is -2.54. The SMILES string of the molecule is C/C=C(/C)C(=O)O[C@@H]1c2c(ccc3c2OC(=O)C2C3C3C(=O)Oc4c(ccc5c4[C@@H](OC(=O)/C(C)=C\C)[C@H](C(C)(C)OC(=O)/C(C)=C\C)O5)C23)O[C@H]1C(C)(C)OC(=O)/C(C)=C\C. The zero-order valence-corrected chi connectivity index (χ0v) is 37.0. The van der Waals surface area contributed by atoms with Crippen LogP contribution in [0.5, 0.6) is 23.0 Å². The minimum absolute atomic E-state index is 0.0949. The molecule has 0 unspecified atom stereocenters. The largest absolute Gasteiger partial charge is 0.481 e. The lowest BCUT2D eigenvalue weighted by Crippen LogP contribution is -2.57. The minimum atomic E-state index is -1.36. The van der Waals surface area contributed by atoms with Gasteiger partial charge in [-0.3, -0.25) is 9.59 Å². The summed E-state index contributed by atoms with van der Waals surface area (Å²) < 4.78 is 49.1. The molecule has 14 nitrogen and oxygen atoms in total. The Morgan fingerprint density at radius 3 is 1.16 bits per heavy atom. The third-order valence-corrected chi connectivity index (χ3v) is 12.8. The molecule has 14 heteroatoms. The summed E-state index contributed by atoms with van der Waals surface area (Å²) in [6, 6.07) is 6.77. The van der Waals surface area contributed by atoms with Crippen molar-refractivity contribution in [2.75, 3.05) is 0 Å². The Balaban J connectivity index is 1.27. The third kappa shape index (κ3) is 7.06. The fraction of sp³-hybridized carbons (Fsp3) is 0.458. The maximum Gasteiger partial charge on any atom is 0.334 e. The predicted octanol–water partition coefficient (Wildman–Crippen LogP) is 7.84. The molecule has 4 atom stereocenters. The Morgan fingerprint density at radius 1 is 0.516 bits per heavy atom. The zero-order valence-electron chi connectivity index (χ0n) is 37.0. The lowest BCUT2D eigenvalue weighted by molar-refractivity contribution is -0.174. The number of fused-ring (bicyclic) bond motifs is 12. The summed E-state index contributed by atoms with van der Waals surface area (Å²) in [5, 5.41) is 0. The van der Waals surface area contributed by atoms with Gasteiger partial charge in [0.1, 0.15) is 34.2 Å². The van der Waals surface area contributed by atoms with Gasteiger partial charge in [0.05, 0.1) is 23.0 Å². The lowest BCUT2D eigenvalue weighted by atomic mass is 9.50. The Labute approximate surface area is 360 Å². The monoisotopic (exact) mass is 852 g/mol. The summed E-state index contributed by atoms with van der Waals surface area (Å²) in [7, 11) is 0. The van der Waals surface area contributed by atoms with Gasteiger partial charge in [0.25, 0.3) is 0 Å². The molecule has 2 aromatic carbocycles. The standard InChI is InChI=1S/C48H52O14/c1-13-21(5)41(49)59-37-31-27(55-39(37)47(9,10)61-43(51)23(7)15-3)19-17-25-29-33(45(53)57-35(25)31)30-26-18-20-28-32(36(26)58-46(54)34(29)30)38(60-42(50)22(6)14-2)40(56-28)48(11,12)62-44(52)24(8)16-4/h13-20,29-30,33-34,37-40H,1-12H3/b21-13-,22-14-,23-15-,24-16-/t29?,30?,33?,34?,37-,38-,39-,40-/m1/s1. The van der Waals surface area contributed by atoms with Crippen molar-refractivity contribution in [1.29, 1.82) is 0 Å². The van der Waals surface area contributed by atoms with Crippen LogP contribution >= 0.6 is 0 Å². The van der Waals surface area contributed by atoms with Crippen LogP contribution in [0.3, 0.4) is 0 Å². The second-order valence-corrected chi connectivity index (χ2v) is 17.3. The first-order valence-electron chi connectivity index (χ1n) is 20.7. The van der Waals surface area contributed by atoms with Crippen molar-refractivity contribution in [3.05, 3.63) is 93.1 Å². The van der Waals surface area contributed by atoms with E-state index in [1.165, 1.54) is 0 Å². The number of carbonyl (C=O) groups is 6. The topological polar surface area (TPSA) is 176 Å². The molecule has 0 aromatic heterocycles. The normalized spacial score (nSPS) is 26.3. The van der Waals surface area contributed by atoms with E-state index in [1.807, 2.05) is 0 Å². The second kappa shape index (κ2) is 15.9. The molecule has 0 bridgehead atoms. The molecule has 328 valence electrons. The Morgan fingerprint density at radius 2 is 0.839 bits per heavy atom. The number of esters is 6. The first-order chi connectivity index (χ1) is 29.2. The van der Waals surface area contributed by atoms with E-state index in [4.69, 9.17) is 37.9 Å². The molecule has 1 saturated carbocycles. The minimum Gasteiger partial charge on any atom is -0.481 e. The quantitative estimate of drug-likeness (QED) is 0.0978. The summed E-state index contributed by atoms with van der Waals surface area (Å²) in [6.07, 6.45) is 1.92. The summed E-state index contributed by atoms with van der Waals surface area (Å²) in [5.41, 5.74) is 0.220. The van der Waals surface area contributed by atoms with E-state index in [1.54, 1.807) is 132 Å². The van der Waals surface area contributed by atoms with Crippen LogP contribution in [0, 0.1) is 11.8 Å². The van der Waals surface area contributed by atoms with Gasteiger partial charge in [-0.1, -0.05) is 36.4 Å². The van der Waals surface area contributed by atoms with Crippen LogP contribution in [0.1, 0.15) is 129 Å². The van der Waals surface area contributed by atoms with Crippen LogP contribution < -0.4 is 18.9 Å². The predicted molar refractivity (Wildman–Crippen MR) is 221 cm³/mol. The van der Waals surface area contributed by atoms with Gasteiger partial charge in [-0.05, 0) is 95.2 Å². The van der Waals surface area contributed by atoms with Gasteiger partial charge in [0, 0.05) is 45.3 Å². The van der Waals surface area contributed by atoms with Gasteiger partial charge in [-0.25, -0.2) is 19.2 Å². The van der Waals surface area contributed by atoms with Crippen molar-refractivity contribution in [1.82, 2.24) is 0 Å². The van der Waals surface area contributed by atoms with Crippen molar-refractivity contribution < 1.29 is 66.7 Å². The van der Waals surface area contributed by atoms with Crippen molar-refractivity contribution >= 4 is 35.8 Å². The second-order valence-electron chi connectivity index (χ2n) is 17.3. The first-order valence-corrected chi connectivity index (χ1v) is 20.7. The molecular weight excluding hydrogens is 801 g/mol. The molecule has 0 N–H and O–H groups in total. The third-order valence-electron chi connectivity index (χ3n) is 12.8. The molecule has 5 aliphatic rings. The summed E-state index contributed by atoms with van der Waals surface area (Å²) in [4.78, 5) is 81.4. The molecule has 0 saturated heterocycles. The van der Waals surface area contributed by atoms with E-state index >= 15 is 0 Å². The smallest absolute Gasteiger partial charge is 0.334 e. The number of ether oxygens (including phenoxy) is 8. The molecule has 1 aliphatic carbocycles. The highest BCUT2D eigenvalue weighted by molar-refractivity contribution is 5.94. The zero-order chi connectivity index (χ0) is 45.3. The maximum absolute atomic E-state index is 14.4. The number of allylic oxidation sites excluding steroid dienone is 4. The molecule has 7 rings (SSSR count). The van der Waals surface area contributed by atoms with E-state index in [-0.39, 0.29) is 34.1 Å². The van der Waals surface area contributed by atoms with Gasteiger partial charge in [-0.15, -0.1) is 0 Å². The van der Waals surface area contributed by atoms with Crippen LogP contribution in [-0.2, 0) is 47.7 Å². The van der Waals surface area contributed by atoms with Crippen LogP contribution in [0.2, 0.25) is 0 Å². The fourth-order valence-corrected chi connectivity index (χ4v) is 8.74. The van der Waals surface area contributed by atoms with E-state index in [0.717, 1.165) is 0 Å². The highest BCUT2D eigenvalue weighted by Crippen LogP contribution is 2.67. The van der Waals surface area contributed by atoms with E-state index in [9.17, 15) is 28.8 Å². The summed E-state index contributed by atoms with van der Waals surface area (Å²) in [6.45, 7) is 19.8. The van der Waals surface area contributed by atoms with Crippen molar-refractivity contribution in [2.24, 2.45) is 11.8 Å². The van der Waals surface area contributed by atoms with Gasteiger partial charge in [0.15, 0.2) is 24.4 Å². The number of rotatable bonds is 10. The molecule has 0 spiro atoms. The molecule has 62 heavy (non-hydrogen) atoms. The Kier molecular flexibility index (Phi) is 11.3. The van der Waals surface area contributed by atoms with Gasteiger partial charge >= 0.3 is 35.8 Å². The maximum atomic E-state index is 14.4. The van der Waals surface area contributed by atoms with Crippen molar-refractivity contribution in [2.45, 2.75) is 131 Å². The van der Waals surface area contributed by atoms with E-state index in [2.05, 4.69) is 0 Å². The fourth-order valence-electron chi connectivity index (χ4n) is 8.74. The number of hydrogen-bond acceptors (Lipinski definition) is 14. The molecule has 4 heterocycles. The summed E-state index contributed by atoms with van der Waals surface area (Å²) in [5.74, 6) is -6.12. The highest BCUT2D eigenvalue weighted by Gasteiger charge is 2.66. The van der Waals surface area contributed by atoms with Crippen LogP contribution in [0.15, 0.2) is 70.9 Å². The Bertz CT molecular complexity index is 2250. The Hall–Kier alpha value is -6.18. The average Bonchev–Trinajstić information content (AvgIpc) is 3.79. The van der Waals surface area contributed by atoms with Gasteiger partial charge < -0.3 is 37.9 Å². The van der Waals surface area contributed by atoms with Crippen molar-refractivity contribution in [3.8, 4) is 23.0 Å². The molecule has 2 aromatic rings. The number of hydrogen-bond donors (Lipinski definition) is 0. The summed E-state index contributed by atoms with van der Waals surface area (Å²) >= 11 is 0. The van der Waals surface area contributed by atoms with Gasteiger partial charge in [0.2, 0.25) is 0 Å². The van der Waals surface area contributed by atoms with Crippen LogP contribution in [-0.4, -0.2) is 59.2 Å². The first kappa shape index (κ1) is 43.9. The number of carbonyl (C=O) groups excluding carboxylic acids is 6. The van der Waals surface area contributed by atoms with E-state index < -0.39 is 95.1 Å². The van der Waals surface area contributed by atoms with Gasteiger partial charge in [-0.2, -0.15) is 0 Å². The van der Waals surface area contributed by atoms with Crippen LogP contribution in [0.4, 0.5) is 0 Å². The molecule has 0 amide bonds. The van der Waals surface area contributed by atoms with E-state index in [0.29, 0.717) is 33.4 Å². The number of benzene rings is 2. The molecule has 1 fully saturated rings. The highest BCUT2D eigenvalue weighted by atomic mass is 16.6. The molecule has 4 aliphatic heterocycles. The average molecular weight is 853 g/mol. The molecule has 0 radical (unpaired) electrons. The van der Waals surface area contributed by atoms with Crippen LogP contribution in [0.25, 0.3) is 0 Å². The van der Waals surface area contributed by atoms with Crippen molar-refractivity contribution in [3.63, 3.8) is 0 Å². The molecular formula is C48H52O14.